The molecule has 2 aromatic rings. The quantitative estimate of drug-likeness (QED) is 0.915. The monoisotopic (exact) mass is 314 g/mol. The van der Waals surface area contributed by atoms with Crippen molar-refractivity contribution in [3.8, 4) is 16.2 Å². The van der Waals surface area contributed by atoms with Crippen LogP contribution in [0, 0.1) is 5.92 Å². The SMILES string of the molecule is O=C(N[C@H]1CN2CC[C@H]1C2)c1ccc(-c2ccccc2O)s1. The number of phenolic OH excluding ortho intramolecular Hbond substituents is 1. The number of rotatable bonds is 3. The summed E-state index contributed by atoms with van der Waals surface area (Å²) in [5, 5.41) is 13.1. The van der Waals surface area contributed by atoms with Gasteiger partial charge >= 0.3 is 0 Å². The number of hydrogen-bond acceptors (Lipinski definition) is 4. The van der Waals surface area contributed by atoms with Crippen LogP contribution in [0.3, 0.4) is 0 Å². The molecule has 5 heteroatoms. The Morgan fingerprint density at radius 1 is 1.23 bits per heavy atom. The van der Waals surface area contributed by atoms with Crippen LogP contribution in [-0.4, -0.2) is 41.6 Å². The second kappa shape index (κ2) is 5.41. The predicted octanol–water partition coefficient (Wildman–Crippen LogP) is 2.55. The van der Waals surface area contributed by atoms with Gasteiger partial charge in [-0.15, -0.1) is 11.3 Å². The Balaban J connectivity index is 1.49. The summed E-state index contributed by atoms with van der Waals surface area (Å²) in [6.07, 6.45) is 1.19. The van der Waals surface area contributed by atoms with Crippen LogP contribution in [0.25, 0.3) is 10.4 Å². The number of para-hydroxylation sites is 1. The number of piperidine rings is 1. The number of carbonyl (C=O) groups excluding carboxylic acids is 1. The number of nitrogens with one attached hydrogen (secondary N) is 1. The molecule has 1 unspecified atom stereocenters. The summed E-state index contributed by atoms with van der Waals surface area (Å²) >= 11 is 1.43. The van der Waals surface area contributed by atoms with E-state index >= 15 is 0 Å². The second-order valence-corrected chi connectivity index (χ2v) is 7.15. The van der Waals surface area contributed by atoms with Crippen molar-refractivity contribution in [3.63, 3.8) is 0 Å². The molecule has 4 rings (SSSR count). The molecule has 22 heavy (non-hydrogen) atoms. The van der Waals surface area contributed by atoms with E-state index < -0.39 is 0 Å². The zero-order valence-electron chi connectivity index (χ0n) is 12.2. The summed E-state index contributed by atoms with van der Waals surface area (Å²) in [6.45, 7) is 3.28. The Morgan fingerprint density at radius 2 is 2.09 bits per heavy atom. The molecule has 2 bridgehead atoms. The molecular formula is C17H18N2O2S. The van der Waals surface area contributed by atoms with Gasteiger partial charge in [0.05, 0.1) is 4.88 Å². The molecule has 2 fully saturated rings. The number of fused-ring (bicyclic) bond motifs is 2. The van der Waals surface area contributed by atoms with E-state index in [0.717, 1.165) is 23.5 Å². The van der Waals surface area contributed by atoms with Gasteiger partial charge in [-0.05, 0) is 43.1 Å². The molecule has 3 atom stereocenters. The van der Waals surface area contributed by atoms with E-state index in [-0.39, 0.29) is 17.7 Å². The molecule has 2 aliphatic heterocycles. The standard InChI is InChI=1S/C17H18N2O2S/c20-14-4-2-1-3-12(14)15-5-6-16(22-15)17(21)18-13-10-19-8-7-11(13)9-19/h1-6,11,13,20H,7-10H2,(H,18,21)/t11-,13-/m0/s1. The molecule has 1 aromatic carbocycles. The minimum atomic E-state index is 0.00502. The van der Waals surface area contributed by atoms with E-state index in [1.165, 1.54) is 24.3 Å². The summed E-state index contributed by atoms with van der Waals surface area (Å²) < 4.78 is 0. The highest BCUT2D eigenvalue weighted by Gasteiger charge is 2.38. The molecular weight excluding hydrogens is 296 g/mol. The van der Waals surface area contributed by atoms with Crippen molar-refractivity contribution in [2.24, 2.45) is 5.92 Å². The Labute approximate surface area is 133 Å². The van der Waals surface area contributed by atoms with Gasteiger partial charge in [0, 0.05) is 29.6 Å². The first kappa shape index (κ1) is 13.8. The van der Waals surface area contributed by atoms with Crippen LogP contribution < -0.4 is 5.32 Å². The summed E-state index contributed by atoms with van der Waals surface area (Å²) in [7, 11) is 0. The van der Waals surface area contributed by atoms with E-state index in [0.29, 0.717) is 10.8 Å². The fraction of sp³-hybridized carbons (Fsp3) is 0.353. The van der Waals surface area contributed by atoms with Gasteiger partial charge in [-0.2, -0.15) is 0 Å². The zero-order valence-corrected chi connectivity index (χ0v) is 13.0. The van der Waals surface area contributed by atoms with Crippen LogP contribution in [-0.2, 0) is 0 Å². The molecule has 0 aliphatic carbocycles. The third-order valence-electron chi connectivity index (χ3n) is 4.65. The molecule has 114 valence electrons. The third-order valence-corrected chi connectivity index (χ3v) is 5.77. The Kier molecular flexibility index (Phi) is 3.39. The van der Waals surface area contributed by atoms with E-state index in [1.54, 1.807) is 12.1 Å². The lowest BCUT2D eigenvalue weighted by atomic mass is 10.00. The highest BCUT2D eigenvalue weighted by atomic mass is 32.1. The second-order valence-electron chi connectivity index (χ2n) is 6.07. The summed E-state index contributed by atoms with van der Waals surface area (Å²) in [6, 6.07) is 11.2. The van der Waals surface area contributed by atoms with Gasteiger partial charge in [-0.25, -0.2) is 0 Å². The average molecular weight is 314 g/mol. The summed E-state index contributed by atoms with van der Waals surface area (Å²) in [5.41, 5.74) is 0.776. The molecule has 1 aromatic heterocycles. The minimum absolute atomic E-state index is 0.00502. The zero-order chi connectivity index (χ0) is 15.1. The Hall–Kier alpha value is -1.85. The largest absolute Gasteiger partial charge is 0.507 e. The molecule has 3 heterocycles. The fourth-order valence-corrected chi connectivity index (χ4v) is 4.42. The van der Waals surface area contributed by atoms with Crippen LogP contribution in [0.2, 0.25) is 0 Å². The maximum Gasteiger partial charge on any atom is 0.261 e. The van der Waals surface area contributed by atoms with Crippen molar-refractivity contribution in [1.82, 2.24) is 10.2 Å². The Bertz CT molecular complexity index is 712. The molecule has 0 saturated carbocycles. The first-order valence-electron chi connectivity index (χ1n) is 7.62. The number of amides is 1. The van der Waals surface area contributed by atoms with Gasteiger partial charge in [-0.3, -0.25) is 4.79 Å². The van der Waals surface area contributed by atoms with Crippen molar-refractivity contribution >= 4 is 17.2 Å². The van der Waals surface area contributed by atoms with Gasteiger partial charge in [0.25, 0.3) is 5.91 Å². The van der Waals surface area contributed by atoms with E-state index in [2.05, 4.69) is 10.2 Å². The number of carbonyl (C=O) groups is 1. The lowest BCUT2D eigenvalue weighted by molar-refractivity contribution is 0.0928. The molecule has 0 spiro atoms. The number of thiophene rings is 1. The van der Waals surface area contributed by atoms with Gasteiger partial charge < -0.3 is 15.3 Å². The minimum Gasteiger partial charge on any atom is -0.507 e. The highest BCUT2D eigenvalue weighted by Crippen LogP contribution is 2.34. The predicted molar refractivity (Wildman–Crippen MR) is 87.2 cm³/mol. The van der Waals surface area contributed by atoms with Crippen LogP contribution in [0.1, 0.15) is 16.1 Å². The summed E-state index contributed by atoms with van der Waals surface area (Å²) in [5.74, 6) is 0.865. The van der Waals surface area contributed by atoms with Gasteiger partial charge in [0.15, 0.2) is 0 Å². The first-order valence-corrected chi connectivity index (χ1v) is 8.44. The van der Waals surface area contributed by atoms with E-state index in [1.807, 2.05) is 24.3 Å². The molecule has 0 radical (unpaired) electrons. The Morgan fingerprint density at radius 3 is 2.82 bits per heavy atom. The summed E-state index contributed by atoms with van der Waals surface area (Å²) in [4.78, 5) is 16.5. The van der Waals surface area contributed by atoms with E-state index in [9.17, 15) is 9.90 Å². The van der Waals surface area contributed by atoms with Gasteiger partial charge in [0.2, 0.25) is 0 Å². The molecule has 2 N–H and O–H groups in total. The smallest absolute Gasteiger partial charge is 0.261 e. The fourth-order valence-electron chi connectivity index (χ4n) is 3.47. The topological polar surface area (TPSA) is 52.6 Å². The first-order chi connectivity index (χ1) is 10.7. The molecule has 1 amide bonds. The normalized spacial score (nSPS) is 26.3. The molecule has 2 aliphatic rings. The van der Waals surface area contributed by atoms with E-state index in [4.69, 9.17) is 0 Å². The maximum absolute atomic E-state index is 12.4. The van der Waals surface area contributed by atoms with Crippen molar-refractivity contribution < 1.29 is 9.90 Å². The van der Waals surface area contributed by atoms with Crippen molar-refractivity contribution in [1.29, 1.82) is 0 Å². The third kappa shape index (κ3) is 2.40. The number of aromatic hydroxyl groups is 1. The number of nitrogens with zero attached hydrogens (tertiary/aromatic N) is 1. The van der Waals surface area contributed by atoms with Crippen LogP contribution in [0.15, 0.2) is 36.4 Å². The number of hydrogen-bond donors (Lipinski definition) is 2. The average Bonchev–Trinajstić information content (AvgIpc) is 3.24. The molecule has 2 saturated heterocycles. The number of benzene rings is 1. The van der Waals surface area contributed by atoms with Crippen molar-refractivity contribution in [2.45, 2.75) is 12.5 Å². The van der Waals surface area contributed by atoms with Crippen LogP contribution in [0.5, 0.6) is 5.75 Å². The lowest BCUT2D eigenvalue weighted by Crippen LogP contribution is -2.42. The van der Waals surface area contributed by atoms with Crippen molar-refractivity contribution in [3.05, 3.63) is 41.3 Å². The maximum atomic E-state index is 12.4. The van der Waals surface area contributed by atoms with Crippen LogP contribution >= 0.6 is 11.3 Å². The van der Waals surface area contributed by atoms with Gasteiger partial charge in [-0.1, -0.05) is 12.1 Å². The molecule has 4 nitrogen and oxygen atoms in total. The highest BCUT2D eigenvalue weighted by molar-refractivity contribution is 7.17. The lowest BCUT2D eigenvalue weighted by Gasteiger charge is -2.22. The van der Waals surface area contributed by atoms with Crippen molar-refractivity contribution in [2.75, 3.05) is 19.6 Å². The number of phenols is 1. The van der Waals surface area contributed by atoms with Crippen LogP contribution in [0.4, 0.5) is 0 Å². The van der Waals surface area contributed by atoms with Gasteiger partial charge in [0.1, 0.15) is 5.75 Å².